The van der Waals surface area contributed by atoms with E-state index in [4.69, 9.17) is 9.47 Å². The number of nitrogens with one attached hydrogen (secondary N) is 1. The fraction of sp³-hybridized carbons (Fsp3) is 0.440. The van der Waals surface area contributed by atoms with E-state index in [1.54, 1.807) is 43.5 Å². The molecule has 0 aliphatic rings. The first-order valence-corrected chi connectivity index (χ1v) is 13.3. The number of nitrogens with zero attached hydrogens (tertiary/aromatic N) is 2. The van der Waals surface area contributed by atoms with E-state index in [-0.39, 0.29) is 12.5 Å². The molecule has 2 rings (SSSR count). The maximum Gasteiger partial charge on any atom is 0.244 e. The summed E-state index contributed by atoms with van der Waals surface area (Å²) in [6.07, 6.45) is 2.17. The summed E-state index contributed by atoms with van der Waals surface area (Å²) < 4.78 is 36.7. The summed E-state index contributed by atoms with van der Waals surface area (Å²) in [6, 6.07) is 12.9. The third-order valence-corrected chi connectivity index (χ3v) is 6.61. The van der Waals surface area contributed by atoms with Gasteiger partial charge in [0.1, 0.15) is 24.1 Å². The standard InChI is InChI=1S/C25H35N3O6S/c1-6-15-26-25(30)23(7-2)27(17-19-11-13-21(33-3)14-12-19)24(29)18-28(35(5,31)32)20-9-8-10-22(16-20)34-4/h8-14,16,23H,6-7,15,17-18H2,1-5H3,(H,26,30)/t23-/m1/s1. The van der Waals surface area contributed by atoms with Crippen molar-refractivity contribution in [2.45, 2.75) is 39.3 Å². The molecule has 2 aromatic carbocycles. The van der Waals surface area contributed by atoms with E-state index >= 15 is 0 Å². The Morgan fingerprint density at radius 3 is 2.20 bits per heavy atom. The average Bonchev–Trinajstić information content (AvgIpc) is 2.85. The van der Waals surface area contributed by atoms with Crippen LogP contribution in [0.25, 0.3) is 0 Å². The maximum atomic E-state index is 13.6. The van der Waals surface area contributed by atoms with Gasteiger partial charge in [-0.05, 0) is 42.7 Å². The van der Waals surface area contributed by atoms with E-state index < -0.39 is 28.5 Å². The zero-order valence-corrected chi connectivity index (χ0v) is 21.8. The van der Waals surface area contributed by atoms with E-state index in [0.717, 1.165) is 22.5 Å². The number of hydrogen-bond acceptors (Lipinski definition) is 6. The highest BCUT2D eigenvalue weighted by molar-refractivity contribution is 7.92. The Morgan fingerprint density at radius 1 is 1.00 bits per heavy atom. The fourth-order valence-corrected chi connectivity index (χ4v) is 4.43. The number of sulfonamides is 1. The van der Waals surface area contributed by atoms with Gasteiger partial charge >= 0.3 is 0 Å². The Balaban J connectivity index is 2.42. The molecular formula is C25H35N3O6S. The van der Waals surface area contributed by atoms with Gasteiger partial charge < -0.3 is 19.7 Å². The summed E-state index contributed by atoms with van der Waals surface area (Å²) in [6.45, 7) is 3.93. The first kappa shape index (κ1) is 28.0. The lowest BCUT2D eigenvalue weighted by molar-refractivity contribution is -0.140. The molecule has 0 aromatic heterocycles. The molecule has 0 radical (unpaired) electrons. The fourth-order valence-electron chi connectivity index (χ4n) is 3.59. The van der Waals surface area contributed by atoms with Crippen LogP contribution in [0.2, 0.25) is 0 Å². The van der Waals surface area contributed by atoms with Crippen LogP contribution in [0.3, 0.4) is 0 Å². The average molecular weight is 506 g/mol. The van der Waals surface area contributed by atoms with Crippen molar-refractivity contribution in [3.63, 3.8) is 0 Å². The molecule has 2 aromatic rings. The zero-order chi connectivity index (χ0) is 26.0. The van der Waals surface area contributed by atoms with Crippen LogP contribution < -0.4 is 19.1 Å². The second kappa shape index (κ2) is 13.0. The summed E-state index contributed by atoms with van der Waals surface area (Å²) >= 11 is 0. The number of carbonyl (C=O) groups excluding carboxylic acids is 2. The normalized spacial score (nSPS) is 11.9. The molecule has 0 fully saturated rings. The number of benzene rings is 2. The first-order chi connectivity index (χ1) is 16.6. The van der Waals surface area contributed by atoms with Gasteiger partial charge in [-0.25, -0.2) is 8.42 Å². The van der Waals surface area contributed by atoms with Crippen molar-refractivity contribution in [3.05, 3.63) is 54.1 Å². The summed E-state index contributed by atoms with van der Waals surface area (Å²) in [5.41, 5.74) is 1.08. The molecule has 0 saturated carbocycles. The van der Waals surface area contributed by atoms with Gasteiger partial charge in [0.2, 0.25) is 21.8 Å². The van der Waals surface area contributed by atoms with E-state index in [1.165, 1.54) is 12.0 Å². The molecule has 1 atom stereocenters. The van der Waals surface area contributed by atoms with Gasteiger partial charge in [0, 0.05) is 19.2 Å². The molecule has 1 N–H and O–H groups in total. The minimum atomic E-state index is -3.81. The Labute approximate surface area is 208 Å². The number of carbonyl (C=O) groups is 2. The highest BCUT2D eigenvalue weighted by atomic mass is 32.2. The number of methoxy groups -OCH3 is 2. The Kier molecular flexibility index (Phi) is 10.4. The van der Waals surface area contributed by atoms with Crippen molar-refractivity contribution >= 4 is 27.5 Å². The van der Waals surface area contributed by atoms with Gasteiger partial charge in [-0.3, -0.25) is 13.9 Å². The molecule has 10 heteroatoms. The quantitative estimate of drug-likeness (QED) is 0.449. The second-order valence-electron chi connectivity index (χ2n) is 8.06. The van der Waals surface area contributed by atoms with Crippen LogP contribution in [0.5, 0.6) is 11.5 Å². The molecule has 2 amide bonds. The summed E-state index contributed by atoms with van der Waals surface area (Å²) in [5.74, 6) is 0.362. The molecule has 35 heavy (non-hydrogen) atoms. The molecule has 0 spiro atoms. The minimum Gasteiger partial charge on any atom is -0.497 e. The molecule has 0 saturated heterocycles. The molecule has 0 aliphatic carbocycles. The smallest absolute Gasteiger partial charge is 0.244 e. The van der Waals surface area contributed by atoms with Gasteiger partial charge in [0.15, 0.2) is 0 Å². The third kappa shape index (κ3) is 7.88. The number of rotatable bonds is 13. The van der Waals surface area contributed by atoms with Crippen LogP contribution in [-0.4, -0.2) is 64.7 Å². The van der Waals surface area contributed by atoms with E-state index in [0.29, 0.717) is 30.2 Å². The number of amides is 2. The number of ether oxygens (including phenoxy) is 2. The van der Waals surface area contributed by atoms with Crippen molar-refractivity contribution in [1.82, 2.24) is 10.2 Å². The molecule has 0 unspecified atom stereocenters. The van der Waals surface area contributed by atoms with E-state index in [1.807, 2.05) is 26.0 Å². The third-order valence-electron chi connectivity index (χ3n) is 5.47. The monoisotopic (exact) mass is 505 g/mol. The van der Waals surface area contributed by atoms with Crippen LogP contribution in [0.4, 0.5) is 5.69 Å². The van der Waals surface area contributed by atoms with Gasteiger partial charge in [0.05, 0.1) is 26.2 Å². The lowest BCUT2D eigenvalue weighted by Crippen LogP contribution is -2.52. The number of anilines is 1. The highest BCUT2D eigenvalue weighted by Gasteiger charge is 2.31. The number of hydrogen-bond donors (Lipinski definition) is 1. The molecule has 0 aliphatic heterocycles. The molecular weight excluding hydrogens is 470 g/mol. The van der Waals surface area contributed by atoms with Gasteiger partial charge in [-0.1, -0.05) is 32.0 Å². The van der Waals surface area contributed by atoms with Crippen molar-refractivity contribution in [3.8, 4) is 11.5 Å². The Bertz CT molecular complexity index is 1090. The van der Waals surface area contributed by atoms with Crippen LogP contribution in [0, 0.1) is 0 Å². The van der Waals surface area contributed by atoms with Crippen molar-refractivity contribution in [1.29, 1.82) is 0 Å². The van der Waals surface area contributed by atoms with Gasteiger partial charge in [-0.15, -0.1) is 0 Å². The predicted molar refractivity (Wildman–Crippen MR) is 136 cm³/mol. The van der Waals surface area contributed by atoms with Gasteiger partial charge in [0.25, 0.3) is 0 Å². The topological polar surface area (TPSA) is 105 Å². The maximum absolute atomic E-state index is 13.6. The minimum absolute atomic E-state index is 0.136. The lowest BCUT2D eigenvalue weighted by Gasteiger charge is -2.33. The molecule has 192 valence electrons. The summed E-state index contributed by atoms with van der Waals surface area (Å²) in [4.78, 5) is 28.0. The van der Waals surface area contributed by atoms with Crippen molar-refractivity contribution in [2.75, 3.05) is 37.9 Å². The lowest BCUT2D eigenvalue weighted by atomic mass is 10.1. The van der Waals surface area contributed by atoms with Gasteiger partial charge in [-0.2, -0.15) is 0 Å². The van der Waals surface area contributed by atoms with E-state index in [2.05, 4.69) is 5.32 Å². The molecule has 9 nitrogen and oxygen atoms in total. The van der Waals surface area contributed by atoms with Crippen molar-refractivity contribution in [2.24, 2.45) is 0 Å². The Hall–Kier alpha value is -3.27. The van der Waals surface area contributed by atoms with Crippen LogP contribution >= 0.6 is 0 Å². The Morgan fingerprint density at radius 2 is 1.66 bits per heavy atom. The zero-order valence-electron chi connectivity index (χ0n) is 21.0. The molecule has 0 heterocycles. The summed E-state index contributed by atoms with van der Waals surface area (Å²) in [7, 11) is -0.765. The molecule has 0 bridgehead atoms. The van der Waals surface area contributed by atoms with E-state index in [9.17, 15) is 18.0 Å². The SMILES string of the molecule is CCCNC(=O)[C@@H](CC)N(Cc1ccc(OC)cc1)C(=O)CN(c1cccc(OC)c1)S(C)(=O)=O. The van der Waals surface area contributed by atoms with Crippen LogP contribution in [-0.2, 0) is 26.2 Å². The summed E-state index contributed by atoms with van der Waals surface area (Å²) in [5, 5.41) is 2.85. The largest absolute Gasteiger partial charge is 0.497 e. The van der Waals surface area contributed by atoms with Crippen LogP contribution in [0.1, 0.15) is 32.3 Å². The van der Waals surface area contributed by atoms with Crippen molar-refractivity contribution < 1.29 is 27.5 Å². The first-order valence-electron chi connectivity index (χ1n) is 11.5. The second-order valence-corrected chi connectivity index (χ2v) is 9.96. The van der Waals surface area contributed by atoms with Crippen LogP contribution in [0.15, 0.2) is 48.5 Å². The highest BCUT2D eigenvalue weighted by Crippen LogP contribution is 2.24. The predicted octanol–water partition coefficient (Wildman–Crippen LogP) is 2.80.